The highest BCUT2D eigenvalue weighted by Crippen LogP contribution is 2.23. The topological polar surface area (TPSA) is 83.5 Å². The van der Waals surface area contributed by atoms with Crippen LogP contribution in [0.15, 0.2) is 53.4 Å². The smallest absolute Gasteiger partial charge is 0.243 e. The molecule has 0 spiro atoms. The van der Waals surface area contributed by atoms with Gasteiger partial charge in [-0.25, -0.2) is 8.42 Å². The maximum Gasteiger partial charge on any atom is 0.243 e. The van der Waals surface area contributed by atoms with E-state index in [1.165, 1.54) is 16.4 Å². The van der Waals surface area contributed by atoms with Crippen LogP contribution in [0.5, 0.6) is 0 Å². The van der Waals surface area contributed by atoms with E-state index in [-0.39, 0.29) is 29.4 Å². The normalized spacial score (nSPS) is 15.1. The first-order valence-electron chi connectivity index (χ1n) is 9.55. The number of amides is 1. The molecule has 2 aromatic rings. The number of nitrogens with zero attached hydrogens (tertiary/aromatic N) is 1. The molecular weight excluding hydrogens is 412 g/mol. The fourth-order valence-electron chi connectivity index (χ4n) is 3.22. The van der Waals surface area contributed by atoms with Crippen LogP contribution in [0.1, 0.15) is 42.5 Å². The lowest BCUT2D eigenvalue weighted by molar-refractivity contribution is -0.116. The number of carbonyl (C=O) groups excluding carboxylic acids is 2. The lowest BCUT2D eigenvalue weighted by Crippen LogP contribution is -2.35. The Morgan fingerprint density at radius 3 is 2.34 bits per heavy atom. The largest absolute Gasteiger partial charge is 0.326 e. The molecular formula is C21H23ClN2O4S. The summed E-state index contributed by atoms with van der Waals surface area (Å²) in [5.74, 6) is -0.502. The van der Waals surface area contributed by atoms with E-state index in [0.717, 1.165) is 19.3 Å². The second-order valence-corrected chi connectivity index (χ2v) is 9.35. The average molecular weight is 435 g/mol. The number of anilines is 1. The van der Waals surface area contributed by atoms with Crippen LogP contribution >= 0.6 is 11.6 Å². The fourth-order valence-corrected chi connectivity index (χ4v) is 4.91. The zero-order valence-corrected chi connectivity index (χ0v) is 17.5. The van der Waals surface area contributed by atoms with E-state index < -0.39 is 10.0 Å². The minimum Gasteiger partial charge on any atom is -0.326 e. The standard InChI is InChI=1S/C21H23ClN2O4S/c22-17-9-7-16(8-10-17)20(25)11-12-21(26)23-18-5-4-6-19(15-18)29(27,28)24-13-2-1-3-14-24/h4-10,15H,1-3,11-14H2,(H,23,26). The minimum absolute atomic E-state index is 0.00453. The number of rotatable bonds is 7. The number of sulfonamides is 1. The van der Waals surface area contributed by atoms with Gasteiger partial charge in [0.2, 0.25) is 15.9 Å². The van der Waals surface area contributed by atoms with Crippen molar-refractivity contribution in [1.29, 1.82) is 0 Å². The molecule has 0 unspecified atom stereocenters. The van der Waals surface area contributed by atoms with Gasteiger partial charge in [0.15, 0.2) is 5.78 Å². The number of ketones is 1. The number of nitrogens with one attached hydrogen (secondary N) is 1. The van der Waals surface area contributed by atoms with Crippen molar-refractivity contribution in [1.82, 2.24) is 4.31 Å². The summed E-state index contributed by atoms with van der Waals surface area (Å²) in [5, 5.41) is 3.22. The van der Waals surface area contributed by atoms with Crippen LogP contribution in [0.3, 0.4) is 0 Å². The van der Waals surface area contributed by atoms with Gasteiger partial charge in [0.1, 0.15) is 0 Å². The molecule has 0 aliphatic carbocycles. The molecule has 0 radical (unpaired) electrons. The Kier molecular flexibility index (Phi) is 7.05. The molecule has 3 rings (SSSR count). The molecule has 1 heterocycles. The third-order valence-corrected chi connectivity index (χ3v) is 6.96. The van der Waals surface area contributed by atoms with E-state index in [2.05, 4.69) is 5.32 Å². The summed E-state index contributed by atoms with van der Waals surface area (Å²) >= 11 is 5.81. The number of piperidine rings is 1. The van der Waals surface area contributed by atoms with Crippen LogP contribution in [-0.2, 0) is 14.8 Å². The summed E-state index contributed by atoms with van der Waals surface area (Å²) in [6.45, 7) is 1.04. The molecule has 2 aromatic carbocycles. The molecule has 1 aliphatic heterocycles. The quantitative estimate of drug-likeness (QED) is 0.664. The summed E-state index contributed by atoms with van der Waals surface area (Å²) in [6.07, 6.45) is 2.81. The first-order valence-corrected chi connectivity index (χ1v) is 11.4. The van der Waals surface area contributed by atoms with Crippen molar-refractivity contribution < 1.29 is 18.0 Å². The van der Waals surface area contributed by atoms with Gasteiger partial charge in [-0.3, -0.25) is 9.59 Å². The Balaban J connectivity index is 1.60. The van der Waals surface area contributed by atoms with Gasteiger partial charge in [0, 0.05) is 42.2 Å². The van der Waals surface area contributed by atoms with Crippen molar-refractivity contribution in [3.63, 3.8) is 0 Å². The summed E-state index contributed by atoms with van der Waals surface area (Å²) in [7, 11) is -3.57. The number of halogens is 1. The van der Waals surface area contributed by atoms with Crippen molar-refractivity contribution in [2.45, 2.75) is 37.0 Å². The third kappa shape index (κ3) is 5.65. The number of benzene rings is 2. The highest BCUT2D eigenvalue weighted by molar-refractivity contribution is 7.89. The fraction of sp³-hybridized carbons (Fsp3) is 0.333. The van der Waals surface area contributed by atoms with Gasteiger partial charge in [-0.2, -0.15) is 4.31 Å². The van der Waals surface area contributed by atoms with Crippen LogP contribution in [0.2, 0.25) is 5.02 Å². The molecule has 1 aliphatic rings. The van der Waals surface area contributed by atoms with Crippen molar-refractivity contribution in [2.75, 3.05) is 18.4 Å². The predicted octanol–water partition coefficient (Wildman–Crippen LogP) is 4.12. The van der Waals surface area contributed by atoms with Crippen molar-refractivity contribution in [3.8, 4) is 0 Å². The van der Waals surface area contributed by atoms with E-state index in [9.17, 15) is 18.0 Å². The lowest BCUT2D eigenvalue weighted by Gasteiger charge is -2.26. The SMILES string of the molecule is O=C(CCC(=O)c1ccc(Cl)cc1)Nc1cccc(S(=O)(=O)N2CCCCC2)c1. The van der Waals surface area contributed by atoms with Crippen LogP contribution < -0.4 is 5.32 Å². The molecule has 6 nitrogen and oxygen atoms in total. The lowest BCUT2D eigenvalue weighted by atomic mass is 10.1. The van der Waals surface area contributed by atoms with Gasteiger partial charge in [0.25, 0.3) is 0 Å². The zero-order chi connectivity index (χ0) is 20.9. The molecule has 154 valence electrons. The van der Waals surface area contributed by atoms with Crippen LogP contribution in [0, 0.1) is 0 Å². The molecule has 1 N–H and O–H groups in total. The zero-order valence-electron chi connectivity index (χ0n) is 15.9. The first kappa shape index (κ1) is 21.5. The van der Waals surface area contributed by atoms with Crippen LogP contribution in [0.4, 0.5) is 5.69 Å². The molecule has 8 heteroatoms. The van der Waals surface area contributed by atoms with E-state index in [0.29, 0.717) is 29.4 Å². The Morgan fingerprint density at radius 2 is 1.66 bits per heavy atom. The van der Waals surface area contributed by atoms with Gasteiger partial charge in [-0.15, -0.1) is 0 Å². The molecule has 0 aromatic heterocycles. The summed E-state index contributed by atoms with van der Waals surface area (Å²) in [4.78, 5) is 24.5. The first-order chi connectivity index (χ1) is 13.9. The monoisotopic (exact) mass is 434 g/mol. The Hall–Kier alpha value is -2.22. The summed E-state index contributed by atoms with van der Waals surface area (Å²) < 4.78 is 27.0. The number of hydrogen-bond acceptors (Lipinski definition) is 4. The van der Waals surface area contributed by atoms with Crippen LogP contribution in [-0.4, -0.2) is 37.5 Å². The van der Waals surface area contributed by atoms with Crippen molar-refractivity contribution in [2.24, 2.45) is 0 Å². The van der Waals surface area contributed by atoms with Gasteiger partial charge in [-0.05, 0) is 55.3 Å². The predicted molar refractivity (Wildman–Crippen MR) is 113 cm³/mol. The Morgan fingerprint density at radius 1 is 0.966 bits per heavy atom. The van der Waals surface area contributed by atoms with E-state index in [1.807, 2.05) is 0 Å². The average Bonchev–Trinajstić information content (AvgIpc) is 2.73. The molecule has 1 saturated heterocycles. The van der Waals surface area contributed by atoms with Gasteiger partial charge in [0.05, 0.1) is 4.90 Å². The summed E-state index contributed by atoms with van der Waals surface area (Å²) in [5.41, 5.74) is 0.892. The van der Waals surface area contributed by atoms with Gasteiger partial charge in [-0.1, -0.05) is 24.1 Å². The maximum atomic E-state index is 12.8. The van der Waals surface area contributed by atoms with Gasteiger partial charge < -0.3 is 5.32 Å². The third-order valence-electron chi connectivity index (χ3n) is 4.82. The van der Waals surface area contributed by atoms with Gasteiger partial charge >= 0.3 is 0 Å². The second kappa shape index (κ2) is 9.52. The highest BCUT2D eigenvalue weighted by Gasteiger charge is 2.26. The molecule has 29 heavy (non-hydrogen) atoms. The molecule has 0 atom stereocenters. The van der Waals surface area contributed by atoms with E-state index in [4.69, 9.17) is 11.6 Å². The Labute approximate surface area is 175 Å². The molecule has 0 saturated carbocycles. The highest BCUT2D eigenvalue weighted by atomic mass is 35.5. The number of Topliss-reactive ketones (excluding diaryl/α,β-unsaturated/α-hetero) is 1. The van der Waals surface area contributed by atoms with Crippen LogP contribution in [0.25, 0.3) is 0 Å². The van der Waals surface area contributed by atoms with Crippen molar-refractivity contribution >= 4 is 39.0 Å². The van der Waals surface area contributed by atoms with Crippen molar-refractivity contribution in [3.05, 3.63) is 59.1 Å². The Bertz CT molecular complexity index is 984. The minimum atomic E-state index is -3.57. The second-order valence-electron chi connectivity index (χ2n) is 6.97. The molecule has 1 fully saturated rings. The van der Waals surface area contributed by atoms with E-state index in [1.54, 1.807) is 36.4 Å². The summed E-state index contributed by atoms with van der Waals surface area (Å²) in [6, 6.07) is 12.7. The number of carbonyl (C=O) groups is 2. The molecule has 0 bridgehead atoms. The van der Waals surface area contributed by atoms with E-state index >= 15 is 0 Å². The molecule has 1 amide bonds. The maximum absolute atomic E-state index is 12.8. The number of hydrogen-bond donors (Lipinski definition) is 1.